The third kappa shape index (κ3) is 1.25. The van der Waals surface area contributed by atoms with Gasteiger partial charge in [-0.05, 0) is 24.0 Å². The van der Waals surface area contributed by atoms with Gasteiger partial charge >= 0.3 is 0 Å². The van der Waals surface area contributed by atoms with Crippen LogP contribution in [0, 0.1) is 6.92 Å². The van der Waals surface area contributed by atoms with Crippen LogP contribution in [0.1, 0.15) is 30.9 Å². The summed E-state index contributed by atoms with van der Waals surface area (Å²) in [7, 11) is 0. The second-order valence-corrected chi connectivity index (χ2v) is 3.75. The maximum atomic E-state index is 3.13. The maximum Gasteiger partial charge on any atom is 0.0787 e. The summed E-state index contributed by atoms with van der Waals surface area (Å²) in [5.41, 5.74) is 14.1. The minimum atomic E-state index is 0.545. The molecule has 0 fully saturated rings. The van der Waals surface area contributed by atoms with Crippen LogP contribution in [-0.4, -0.2) is 0 Å². The highest BCUT2D eigenvalue weighted by molar-refractivity contribution is 5.78. The van der Waals surface area contributed by atoms with E-state index in [1.807, 2.05) is 0 Å². The Labute approximate surface area is 78.5 Å². The lowest BCUT2D eigenvalue weighted by Gasteiger charge is -2.11. The summed E-state index contributed by atoms with van der Waals surface area (Å²) >= 11 is 0. The summed E-state index contributed by atoms with van der Waals surface area (Å²) in [6, 6.07) is 4.33. The molecule has 2 rings (SSSR count). The van der Waals surface area contributed by atoms with Crippen LogP contribution in [0.4, 0.5) is 11.4 Å². The minimum absolute atomic E-state index is 0.545. The van der Waals surface area contributed by atoms with Crippen molar-refractivity contribution >= 4 is 11.4 Å². The molecule has 3 heteroatoms. The zero-order chi connectivity index (χ0) is 9.42. The summed E-state index contributed by atoms with van der Waals surface area (Å²) in [6.07, 6.45) is 0. The summed E-state index contributed by atoms with van der Waals surface area (Å²) in [6.45, 7) is 6.50. The normalized spacial score (nSPS) is 13.8. The highest BCUT2D eigenvalue weighted by atomic mass is 15.6. The van der Waals surface area contributed by atoms with Crippen molar-refractivity contribution in [1.82, 2.24) is 5.53 Å². The fraction of sp³-hybridized carbons (Fsp3) is 0.400. The molecular formula is C10H15N3. The van der Waals surface area contributed by atoms with Gasteiger partial charge in [-0.25, -0.2) is 0 Å². The van der Waals surface area contributed by atoms with Gasteiger partial charge in [0, 0.05) is 0 Å². The van der Waals surface area contributed by atoms with Crippen LogP contribution in [0.3, 0.4) is 0 Å². The van der Waals surface area contributed by atoms with E-state index in [1.54, 1.807) is 0 Å². The van der Waals surface area contributed by atoms with Crippen molar-refractivity contribution in [3.63, 3.8) is 0 Å². The summed E-state index contributed by atoms with van der Waals surface area (Å²) < 4.78 is 0. The van der Waals surface area contributed by atoms with E-state index in [2.05, 4.69) is 49.3 Å². The Balaban J connectivity index is 2.56. The predicted molar refractivity (Wildman–Crippen MR) is 55.6 cm³/mol. The fourth-order valence-electron chi connectivity index (χ4n) is 1.66. The molecule has 1 heterocycles. The quantitative estimate of drug-likeness (QED) is 0.616. The SMILES string of the molecule is Cc1ccc(C(C)C)c2c1NNN2. The first-order valence-electron chi connectivity index (χ1n) is 4.60. The van der Waals surface area contributed by atoms with Crippen LogP contribution in [-0.2, 0) is 0 Å². The van der Waals surface area contributed by atoms with Gasteiger partial charge in [0.05, 0.1) is 11.4 Å². The minimum Gasteiger partial charge on any atom is -0.302 e. The van der Waals surface area contributed by atoms with Crippen LogP contribution in [0.25, 0.3) is 0 Å². The summed E-state index contributed by atoms with van der Waals surface area (Å²) in [5.74, 6) is 0.545. The Morgan fingerprint density at radius 2 is 1.77 bits per heavy atom. The number of benzene rings is 1. The van der Waals surface area contributed by atoms with Gasteiger partial charge in [0.25, 0.3) is 0 Å². The summed E-state index contributed by atoms with van der Waals surface area (Å²) in [4.78, 5) is 0. The number of anilines is 2. The van der Waals surface area contributed by atoms with Crippen molar-refractivity contribution in [1.29, 1.82) is 0 Å². The van der Waals surface area contributed by atoms with E-state index in [4.69, 9.17) is 0 Å². The molecule has 0 amide bonds. The molecule has 1 aliphatic heterocycles. The molecule has 0 aliphatic carbocycles. The lowest BCUT2D eigenvalue weighted by atomic mass is 9.98. The summed E-state index contributed by atoms with van der Waals surface area (Å²) in [5, 5.41) is 0. The molecule has 0 unspecified atom stereocenters. The van der Waals surface area contributed by atoms with Gasteiger partial charge in [-0.3, -0.25) is 0 Å². The van der Waals surface area contributed by atoms with Crippen molar-refractivity contribution in [2.75, 3.05) is 10.9 Å². The van der Waals surface area contributed by atoms with Crippen LogP contribution in [0.2, 0.25) is 0 Å². The first-order valence-corrected chi connectivity index (χ1v) is 4.60. The van der Waals surface area contributed by atoms with Crippen molar-refractivity contribution in [2.24, 2.45) is 0 Å². The molecule has 0 atom stereocenters. The smallest absolute Gasteiger partial charge is 0.0787 e. The number of hydrazine groups is 2. The molecule has 0 radical (unpaired) electrons. The highest BCUT2D eigenvalue weighted by Gasteiger charge is 2.16. The Bertz CT molecular complexity index is 331. The van der Waals surface area contributed by atoms with E-state index in [0.29, 0.717) is 5.92 Å². The van der Waals surface area contributed by atoms with Gasteiger partial charge in [-0.1, -0.05) is 26.0 Å². The van der Waals surface area contributed by atoms with Crippen LogP contribution < -0.4 is 16.4 Å². The van der Waals surface area contributed by atoms with E-state index in [0.717, 1.165) is 0 Å². The lowest BCUT2D eigenvalue weighted by molar-refractivity contribution is 0.866. The average Bonchev–Trinajstić information content (AvgIpc) is 2.53. The molecule has 0 saturated carbocycles. The number of hydrogen-bond donors (Lipinski definition) is 3. The number of hydrogen-bond acceptors (Lipinski definition) is 3. The van der Waals surface area contributed by atoms with Crippen molar-refractivity contribution < 1.29 is 0 Å². The molecule has 13 heavy (non-hydrogen) atoms. The Kier molecular flexibility index (Phi) is 1.88. The molecule has 0 spiro atoms. The standard InChI is InChI=1S/C10H15N3/c1-6(2)8-5-4-7(3)9-10(8)12-13-11-9/h4-6,11-13H,1-3H3. The van der Waals surface area contributed by atoms with Crippen molar-refractivity contribution in [2.45, 2.75) is 26.7 Å². The third-order valence-electron chi connectivity index (χ3n) is 2.44. The molecule has 70 valence electrons. The first-order chi connectivity index (χ1) is 6.20. The van der Waals surface area contributed by atoms with Crippen molar-refractivity contribution in [3.05, 3.63) is 23.3 Å². The predicted octanol–water partition coefficient (Wildman–Crippen LogP) is 2.38. The second-order valence-electron chi connectivity index (χ2n) is 3.75. The molecule has 1 aromatic rings. The monoisotopic (exact) mass is 177 g/mol. The molecule has 0 bridgehead atoms. The second kappa shape index (κ2) is 2.92. The third-order valence-corrected chi connectivity index (χ3v) is 2.44. The highest BCUT2D eigenvalue weighted by Crippen LogP contribution is 2.35. The molecule has 1 aliphatic rings. The van der Waals surface area contributed by atoms with E-state index in [1.165, 1.54) is 22.5 Å². The fourth-order valence-corrected chi connectivity index (χ4v) is 1.66. The zero-order valence-corrected chi connectivity index (χ0v) is 8.23. The van der Waals surface area contributed by atoms with Gasteiger partial charge in [0.1, 0.15) is 0 Å². The number of aryl methyl sites for hydroxylation is 1. The average molecular weight is 177 g/mol. The van der Waals surface area contributed by atoms with Crippen LogP contribution >= 0.6 is 0 Å². The maximum absolute atomic E-state index is 3.13. The Hall–Kier alpha value is -1.22. The van der Waals surface area contributed by atoms with Gasteiger partial charge in [0.15, 0.2) is 0 Å². The lowest BCUT2D eigenvalue weighted by Crippen LogP contribution is -2.19. The van der Waals surface area contributed by atoms with E-state index >= 15 is 0 Å². The number of fused-ring (bicyclic) bond motifs is 1. The van der Waals surface area contributed by atoms with Crippen molar-refractivity contribution in [3.8, 4) is 0 Å². The Morgan fingerprint density at radius 3 is 2.46 bits per heavy atom. The van der Waals surface area contributed by atoms with Crippen LogP contribution in [0.5, 0.6) is 0 Å². The molecule has 3 N–H and O–H groups in total. The molecular weight excluding hydrogens is 162 g/mol. The molecule has 1 aromatic carbocycles. The molecule has 3 nitrogen and oxygen atoms in total. The first kappa shape index (κ1) is 8.38. The van der Waals surface area contributed by atoms with Gasteiger partial charge in [-0.15, -0.1) is 5.53 Å². The van der Waals surface area contributed by atoms with E-state index < -0.39 is 0 Å². The number of nitrogens with one attached hydrogen (secondary N) is 3. The molecule has 0 saturated heterocycles. The van der Waals surface area contributed by atoms with Gasteiger partial charge in [0.2, 0.25) is 0 Å². The van der Waals surface area contributed by atoms with Gasteiger partial charge in [-0.2, -0.15) is 0 Å². The Morgan fingerprint density at radius 1 is 1.08 bits per heavy atom. The topological polar surface area (TPSA) is 36.1 Å². The van der Waals surface area contributed by atoms with Gasteiger partial charge < -0.3 is 10.9 Å². The van der Waals surface area contributed by atoms with E-state index in [-0.39, 0.29) is 0 Å². The molecule has 0 aromatic heterocycles. The van der Waals surface area contributed by atoms with E-state index in [9.17, 15) is 0 Å². The van der Waals surface area contributed by atoms with Crippen LogP contribution in [0.15, 0.2) is 12.1 Å². The number of rotatable bonds is 1. The largest absolute Gasteiger partial charge is 0.302 e. The zero-order valence-electron chi connectivity index (χ0n) is 8.23.